The Morgan fingerprint density at radius 3 is 2.74 bits per heavy atom. The zero-order valence-corrected chi connectivity index (χ0v) is 12.2. The van der Waals surface area contributed by atoms with E-state index in [2.05, 4.69) is 31.3 Å². The minimum Gasteiger partial charge on any atom is -0.489 e. The van der Waals surface area contributed by atoms with E-state index in [4.69, 9.17) is 9.47 Å². The third kappa shape index (κ3) is 4.84. The molecule has 1 fully saturated rings. The summed E-state index contributed by atoms with van der Waals surface area (Å²) in [6.07, 6.45) is 2.85. The number of nitrogens with one attached hydrogen (secondary N) is 1. The third-order valence-electron chi connectivity index (χ3n) is 3.43. The van der Waals surface area contributed by atoms with Gasteiger partial charge in [-0.2, -0.15) is 0 Å². The van der Waals surface area contributed by atoms with Gasteiger partial charge in [-0.1, -0.05) is 26.0 Å². The Bertz CT molecular complexity index is 388. The van der Waals surface area contributed by atoms with Gasteiger partial charge in [-0.05, 0) is 36.5 Å². The van der Waals surface area contributed by atoms with E-state index in [-0.39, 0.29) is 6.10 Å². The lowest BCUT2D eigenvalue weighted by molar-refractivity contribution is 0.147. The molecule has 1 unspecified atom stereocenters. The largest absolute Gasteiger partial charge is 0.489 e. The van der Waals surface area contributed by atoms with Crippen LogP contribution in [0.25, 0.3) is 0 Å². The van der Waals surface area contributed by atoms with Crippen molar-refractivity contribution in [2.45, 2.75) is 45.4 Å². The van der Waals surface area contributed by atoms with Gasteiger partial charge >= 0.3 is 0 Å². The molecule has 0 heterocycles. The SMILES string of the molecule is COCc1cccc(OC(CNC2CC2)C(C)C)c1. The van der Waals surface area contributed by atoms with Crippen molar-refractivity contribution < 1.29 is 9.47 Å². The van der Waals surface area contributed by atoms with Crippen LogP contribution in [0.1, 0.15) is 32.3 Å². The Morgan fingerprint density at radius 1 is 1.32 bits per heavy atom. The molecule has 1 atom stereocenters. The van der Waals surface area contributed by atoms with Gasteiger partial charge in [0.1, 0.15) is 11.9 Å². The van der Waals surface area contributed by atoms with Crippen molar-refractivity contribution in [1.82, 2.24) is 5.32 Å². The molecule has 1 aromatic carbocycles. The quantitative estimate of drug-likeness (QED) is 0.782. The van der Waals surface area contributed by atoms with Crippen LogP contribution in [0.4, 0.5) is 0 Å². The summed E-state index contributed by atoms with van der Waals surface area (Å²) in [5, 5.41) is 3.55. The molecule has 3 nitrogen and oxygen atoms in total. The van der Waals surface area contributed by atoms with E-state index in [1.807, 2.05) is 12.1 Å². The molecule has 1 saturated carbocycles. The summed E-state index contributed by atoms with van der Waals surface area (Å²) >= 11 is 0. The topological polar surface area (TPSA) is 30.5 Å². The highest BCUT2D eigenvalue weighted by molar-refractivity contribution is 5.28. The first-order valence-corrected chi connectivity index (χ1v) is 7.17. The van der Waals surface area contributed by atoms with Gasteiger partial charge in [-0.15, -0.1) is 0 Å². The van der Waals surface area contributed by atoms with E-state index in [0.717, 1.165) is 23.9 Å². The van der Waals surface area contributed by atoms with Gasteiger partial charge in [0.2, 0.25) is 0 Å². The fraction of sp³-hybridized carbons (Fsp3) is 0.625. The van der Waals surface area contributed by atoms with Gasteiger partial charge in [0.05, 0.1) is 6.61 Å². The van der Waals surface area contributed by atoms with Crippen molar-refractivity contribution in [2.24, 2.45) is 5.92 Å². The Morgan fingerprint density at radius 2 is 2.11 bits per heavy atom. The molecule has 0 bridgehead atoms. The lowest BCUT2D eigenvalue weighted by atomic mass is 10.1. The summed E-state index contributed by atoms with van der Waals surface area (Å²) in [6.45, 7) is 5.97. The van der Waals surface area contributed by atoms with Gasteiger partial charge < -0.3 is 14.8 Å². The van der Waals surface area contributed by atoms with Crippen molar-refractivity contribution in [2.75, 3.05) is 13.7 Å². The standard InChI is InChI=1S/C16H25NO2/c1-12(2)16(10-17-14-7-8-14)19-15-6-4-5-13(9-15)11-18-3/h4-6,9,12,14,16-17H,7-8,10-11H2,1-3H3. The molecule has 1 aliphatic carbocycles. The zero-order valence-electron chi connectivity index (χ0n) is 12.2. The smallest absolute Gasteiger partial charge is 0.120 e. The van der Waals surface area contributed by atoms with Crippen LogP contribution in [-0.4, -0.2) is 25.8 Å². The number of hydrogen-bond donors (Lipinski definition) is 1. The second kappa shape index (κ2) is 6.92. The molecule has 0 radical (unpaired) electrons. The highest BCUT2D eigenvalue weighted by atomic mass is 16.5. The maximum Gasteiger partial charge on any atom is 0.120 e. The van der Waals surface area contributed by atoms with Crippen molar-refractivity contribution >= 4 is 0 Å². The first-order valence-electron chi connectivity index (χ1n) is 7.17. The van der Waals surface area contributed by atoms with Crippen LogP contribution in [0.3, 0.4) is 0 Å². The normalized spacial score (nSPS) is 16.6. The second-order valence-electron chi connectivity index (χ2n) is 5.66. The number of methoxy groups -OCH3 is 1. The van der Waals surface area contributed by atoms with Crippen LogP contribution in [0.2, 0.25) is 0 Å². The maximum atomic E-state index is 6.12. The Kier molecular flexibility index (Phi) is 5.23. The maximum absolute atomic E-state index is 6.12. The molecule has 0 aromatic heterocycles. The van der Waals surface area contributed by atoms with Crippen LogP contribution in [0.15, 0.2) is 24.3 Å². The van der Waals surface area contributed by atoms with E-state index in [1.165, 1.54) is 12.8 Å². The average Bonchev–Trinajstić information content (AvgIpc) is 3.19. The molecule has 1 N–H and O–H groups in total. The number of rotatable bonds is 8. The minimum atomic E-state index is 0.221. The van der Waals surface area contributed by atoms with Gasteiger partial charge in [-0.25, -0.2) is 0 Å². The molecule has 1 aromatic rings. The van der Waals surface area contributed by atoms with Crippen molar-refractivity contribution in [3.63, 3.8) is 0 Å². The molecule has 106 valence electrons. The first-order chi connectivity index (χ1) is 9.19. The first kappa shape index (κ1) is 14.4. The Balaban J connectivity index is 1.92. The summed E-state index contributed by atoms with van der Waals surface area (Å²) in [6, 6.07) is 8.89. The molecular weight excluding hydrogens is 238 g/mol. The van der Waals surface area contributed by atoms with E-state index in [9.17, 15) is 0 Å². The monoisotopic (exact) mass is 263 g/mol. The molecule has 0 saturated heterocycles. The molecular formula is C16H25NO2. The summed E-state index contributed by atoms with van der Waals surface area (Å²) in [5.74, 6) is 1.43. The molecule has 0 spiro atoms. The van der Waals surface area contributed by atoms with Crippen molar-refractivity contribution in [1.29, 1.82) is 0 Å². The summed E-state index contributed by atoms with van der Waals surface area (Å²) < 4.78 is 11.3. The molecule has 19 heavy (non-hydrogen) atoms. The number of hydrogen-bond acceptors (Lipinski definition) is 3. The van der Waals surface area contributed by atoms with E-state index >= 15 is 0 Å². The van der Waals surface area contributed by atoms with Gasteiger partial charge in [0.25, 0.3) is 0 Å². The number of ether oxygens (including phenoxy) is 2. The van der Waals surface area contributed by atoms with Crippen molar-refractivity contribution in [3.8, 4) is 5.75 Å². The molecule has 2 rings (SSSR count). The van der Waals surface area contributed by atoms with Crippen LogP contribution in [0, 0.1) is 5.92 Å². The van der Waals surface area contributed by atoms with Gasteiger partial charge in [-0.3, -0.25) is 0 Å². The van der Waals surface area contributed by atoms with E-state index < -0.39 is 0 Å². The fourth-order valence-electron chi connectivity index (χ4n) is 2.03. The Hall–Kier alpha value is -1.06. The predicted octanol–water partition coefficient (Wildman–Crippen LogP) is 2.99. The molecule has 3 heteroatoms. The molecule has 1 aliphatic rings. The van der Waals surface area contributed by atoms with Crippen LogP contribution >= 0.6 is 0 Å². The van der Waals surface area contributed by atoms with Crippen LogP contribution in [-0.2, 0) is 11.3 Å². The zero-order chi connectivity index (χ0) is 13.7. The van der Waals surface area contributed by atoms with Gasteiger partial charge in [0, 0.05) is 19.7 Å². The van der Waals surface area contributed by atoms with Crippen LogP contribution in [0.5, 0.6) is 5.75 Å². The minimum absolute atomic E-state index is 0.221. The van der Waals surface area contributed by atoms with Gasteiger partial charge in [0.15, 0.2) is 0 Å². The summed E-state index contributed by atoms with van der Waals surface area (Å²) in [5.41, 5.74) is 1.15. The lowest BCUT2D eigenvalue weighted by Gasteiger charge is -2.23. The highest BCUT2D eigenvalue weighted by Gasteiger charge is 2.23. The van der Waals surface area contributed by atoms with Crippen molar-refractivity contribution in [3.05, 3.63) is 29.8 Å². The fourth-order valence-corrected chi connectivity index (χ4v) is 2.03. The lowest BCUT2D eigenvalue weighted by Crippen LogP contribution is -2.36. The van der Waals surface area contributed by atoms with E-state index in [1.54, 1.807) is 7.11 Å². The predicted molar refractivity (Wildman–Crippen MR) is 77.4 cm³/mol. The number of benzene rings is 1. The summed E-state index contributed by atoms with van der Waals surface area (Å²) in [4.78, 5) is 0. The van der Waals surface area contributed by atoms with E-state index in [0.29, 0.717) is 12.5 Å². The molecule has 0 amide bonds. The third-order valence-corrected chi connectivity index (χ3v) is 3.43. The Labute approximate surface area is 116 Å². The molecule has 0 aliphatic heterocycles. The highest BCUT2D eigenvalue weighted by Crippen LogP contribution is 2.21. The average molecular weight is 263 g/mol. The second-order valence-corrected chi connectivity index (χ2v) is 5.66. The summed E-state index contributed by atoms with van der Waals surface area (Å²) in [7, 11) is 1.71. The van der Waals surface area contributed by atoms with Crippen LogP contribution < -0.4 is 10.1 Å².